The molecular weight excluding hydrogens is 188 g/mol. The van der Waals surface area contributed by atoms with Gasteiger partial charge in [0.25, 0.3) is 0 Å². The van der Waals surface area contributed by atoms with Gasteiger partial charge in [-0.3, -0.25) is 0 Å². The lowest BCUT2D eigenvalue weighted by Crippen LogP contribution is -2.00. The van der Waals surface area contributed by atoms with Gasteiger partial charge < -0.3 is 9.72 Å². The van der Waals surface area contributed by atoms with Gasteiger partial charge in [0.15, 0.2) is 0 Å². The van der Waals surface area contributed by atoms with Gasteiger partial charge in [0, 0.05) is 25.3 Å². The molecule has 0 atom stereocenters. The number of nitrogens with one attached hydrogen (secondary N) is 1. The molecule has 1 aliphatic rings. The fourth-order valence-electron chi connectivity index (χ4n) is 2.12. The number of H-pyrrole nitrogens is 1. The van der Waals surface area contributed by atoms with E-state index in [0.717, 1.165) is 38.3 Å². The van der Waals surface area contributed by atoms with Gasteiger partial charge in [-0.25, -0.2) is 4.98 Å². The van der Waals surface area contributed by atoms with E-state index in [9.17, 15) is 0 Å². The van der Waals surface area contributed by atoms with Crippen LogP contribution in [0.1, 0.15) is 43.4 Å². The van der Waals surface area contributed by atoms with Crippen LogP contribution in [0.2, 0.25) is 0 Å². The fourth-order valence-corrected chi connectivity index (χ4v) is 2.12. The van der Waals surface area contributed by atoms with Crippen LogP contribution in [0.25, 0.3) is 0 Å². The van der Waals surface area contributed by atoms with E-state index < -0.39 is 0 Å². The maximum atomic E-state index is 5.32. The maximum Gasteiger partial charge on any atom is 0.106 e. The number of imidazole rings is 1. The second-order valence-corrected chi connectivity index (χ2v) is 4.12. The van der Waals surface area contributed by atoms with E-state index in [1.165, 1.54) is 30.7 Å². The molecule has 1 aromatic heterocycles. The predicted molar refractivity (Wildman–Crippen MR) is 60.0 cm³/mol. The summed E-state index contributed by atoms with van der Waals surface area (Å²) in [5, 5.41) is 0. The zero-order chi connectivity index (χ0) is 10.5. The van der Waals surface area contributed by atoms with E-state index >= 15 is 0 Å². The Labute approximate surface area is 91.3 Å². The molecule has 0 radical (unpaired) electrons. The average Bonchev–Trinajstić information content (AvgIpc) is 2.67. The van der Waals surface area contributed by atoms with Crippen molar-refractivity contribution in [3.8, 4) is 0 Å². The zero-order valence-electron chi connectivity index (χ0n) is 9.51. The third-order valence-electron chi connectivity index (χ3n) is 2.91. The molecule has 1 aromatic rings. The molecule has 3 nitrogen and oxygen atoms in total. The molecule has 0 saturated heterocycles. The second-order valence-electron chi connectivity index (χ2n) is 4.12. The minimum Gasteiger partial charge on any atom is -0.382 e. The van der Waals surface area contributed by atoms with Crippen molar-refractivity contribution in [2.75, 3.05) is 13.2 Å². The van der Waals surface area contributed by atoms with Crippen molar-refractivity contribution in [2.45, 2.75) is 45.4 Å². The Morgan fingerprint density at radius 2 is 2.20 bits per heavy atom. The molecule has 3 heteroatoms. The number of ether oxygens (including phenoxy) is 1. The van der Waals surface area contributed by atoms with Gasteiger partial charge in [-0.1, -0.05) is 0 Å². The first kappa shape index (κ1) is 10.7. The smallest absolute Gasteiger partial charge is 0.106 e. The topological polar surface area (TPSA) is 37.9 Å². The van der Waals surface area contributed by atoms with Crippen molar-refractivity contribution in [1.29, 1.82) is 0 Å². The number of fused-ring (bicyclic) bond motifs is 1. The first-order valence-electron chi connectivity index (χ1n) is 6.04. The van der Waals surface area contributed by atoms with Crippen molar-refractivity contribution < 1.29 is 4.74 Å². The van der Waals surface area contributed by atoms with Crippen LogP contribution in [-0.2, 0) is 24.0 Å². The number of hydrogen-bond acceptors (Lipinski definition) is 2. The van der Waals surface area contributed by atoms with Crippen molar-refractivity contribution in [3.05, 3.63) is 17.2 Å². The molecule has 84 valence electrons. The van der Waals surface area contributed by atoms with Crippen molar-refractivity contribution in [1.82, 2.24) is 9.97 Å². The second kappa shape index (κ2) is 5.31. The predicted octanol–water partition coefficient (Wildman–Crippen LogP) is 2.26. The number of hydrogen-bond donors (Lipinski definition) is 1. The van der Waals surface area contributed by atoms with E-state index in [-0.39, 0.29) is 0 Å². The van der Waals surface area contributed by atoms with E-state index in [1.54, 1.807) is 0 Å². The summed E-state index contributed by atoms with van der Waals surface area (Å²) < 4.78 is 5.32. The van der Waals surface area contributed by atoms with Crippen LogP contribution in [0.3, 0.4) is 0 Å². The van der Waals surface area contributed by atoms with Crippen LogP contribution in [0.5, 0.6) is 0 Å². The van der Waals surface area contributed by atoms with E-state index in [1.807, 2.05) is 6.92 Å². The highest BCUT2D eigenvalue weighted by Gasteiger charge is 2.13. The van der Waals surface area contributed by atoms with Gasteiger partial charge in [0.1, 0.15) is 5.82 Å². The SMILES string of the molecule is CCOCCCc1nc2c([nH]1)CCCC2. The highest BCUT2D eigenvalue weighted by atomic mass is 16.5. The quantitative estimate of drug-likeness (QED) is 0.754. The third kappa shape index (κ3) is 2.81. The van der Waals surface area contributed by atoms with E-state index in [2.05, 4.69) is 9.97 Å². The summed E-state index contributed by atoms with van der Waals surface area (Å²) in [6.07, 6.45) is 7.06. The summed E-state index contributed by atoms with van der Waals surface area (Å²) >= 11 is 0. The first-order chi connectivity index (χ1) is 7.40. The maximum absolute atomic E-state index is 5.32. The third-order valence-corrected chi connectivity index (χ3v) is 2.91. The largest absolute Gasteiger partial charge is 0.382 e. The Morgan fingerprint density at radius 1 is 1.33 bits per heavy atom. The summed E-state index contributed by atoms with van der Waals surface area (Å²) in [4.78, 5) is 8.08. The number of aromatic nitrogens is 2. The highest BCUT2D eigenvalue weighted by Crippen LogP contribution is 2.18. The highest BCUT2D eigenvalue weighted by molar-refractivity contribution is 5.17. The molecule has 1 N–H and O–H groups in total. The molecule has 0 fully saturated rings. The van der Waals surface area contributed by atoms with Crippen molar-refractivity contribution in [2.24, 2.45) is 0 Å². The molecule has 0 aliphatic heterocycles. The van der Waals surface area contributed by atoms with Crippen LogP contribution >= 0.6 is 0 Å². The van der Waals surface area contributed by atoms with E-state index in [0.29, 0.717) is 0 Å². The Balaban J connectivity index is 1.84. The van der Waals surface area contributed by atoms with Crippen molar-refractivity contribution >= 4 is 0 Å². The number of rotatable bonds is 5. The van der Waals surface area contributed by atoms with Gasteiger partial charge in [-0.15, -0.1) is 0 Å². The minimum atomic E-state index is 0.814. The molecule has 15 heavy (non-hydrogen) atoms. The summed E-state index contributed by atoms with van der Waals surface area (Å²) in [5.74, 6) is 1.15. The molecule has 0 saturated carbocycles. The molecular formula is C12H20N2O. The summed E-state index contributed by atoms with van der Waals surface area (Å²) in [6.45, 7) is 3.70. The molecule has 0 aromatic carbocycles. The molecule has 0 bridgehead atoms. The lowest BCUT2D eigenvalue weighted by atomic mass is 10.0. The van der Waals surface area contributed by atoms with Gasteiger partial charge in [0.2, 0.25) is 0 Å². The average molecular weight is 208 g/mol. The summed E-state index contributed by atoms with van der Waals surface area (Å²) in [5.41, 5.74) is 2.69. The molecule has 1 aliphatic carbocycles. The Bertz CT molecular complexity index is 283. The van der Waals surface area contributed by atoms with Crippen LogP contribution < -0.4 is 0 Å². The minimum absolute atomic E-state index is 0.814. The number of aromatic amines is 1. The van der Waals surface area contributed by atoms with Crippen LogP contribution in [0, 0.1) is 0 Å². The lowest BCUT2D eigenvalue weighted by molar-refractivity contribution is 0.145. The van der Waals surface area contributed by atoms with Gasteiger partial charge >= 0.3 is 0 Å². The molecule has 0 unspecified atom stereocenters. The van der Waals surface area contributed by atoms with Gasteiger partial charge in [-0.2, -0.15) is 0 Å². The number of nitrogens with zero attached hydrogens (tertiary/aromatic N) is 1. The lowest BCUT2D eigenvalue weighted by Gasteiger charge is -2.07. The van der Waals surface area contributed by atoms with Crippen LogP contribution in [0.4, 0.5) is 0 Å². The molecule has 0 spiro atoms. The number of aryl methyl sites for hydroxylation is 3. The van der Waals surface area contributed by atoms with Crippen molar-refractivity contribution in [3.63, 3.8) is 0 Å². The fraction of sp³-hybridized carbons (Fsp3) is 0.750. The van der Waals surface area contributed by atoms with Crippen LogP contribution in [-0.4, -0.2) is 23.2 Å². The monoisotopic (exact) mass is 208 g/mol. The van der Waals surface area contributed by atoms with E-state index in [4.69, 9.17) is 4.74 Å². The standard InChI is InChI=1S/C12H20N2O/c1-2-15-9-5-8-12-13-10-6-3-4-7-11(10)14-12/h2-9H2,1H3,(H,13,14). The molecule has 1 heterocycles. The zero-order valence-corrected chi connectivity index (χ0v) is 9.51. The van der Waals surface area contributed by atoms with Crippen LogP contribution in [0.15, 0.2) is 0 Å². The summed E-state index contributed by atoms with van der Waals surface area (Å²) in [6, 6.07) is 0. The molecule has 0 amide bonds. The summed E-state index contributed by atoms with van der Waals surface area (Å²) in [7, 11) is 0. The normalized spacial score (nSPS) is 15.3. The van der Waals surface area contributed by atoms with Gasteiger partial charge in [0.05, 0.1) is 5.69 Å². The Morgan fingerprint density at radius 3 is 3.00 bits per heavy atom. The van der Waals surface area contributed by atoms with Gasteiger partial charge in [-0.05, 0) is 39.0 Å². The molecule has 2 rings (SSSR count). The first-order valence-corrected chi connectivity index (χ1v) is 6.04. The Hall–Kier alpha value is -0.830. The Kier molecular flexibility index (Phi) is 3.78.